The summed E-state index contributed by atoms with van der Waals surface area (Å²) in [5.41, 5.74) is 0.248. The molecule has 20 heavy (non-hydrogen) atoms. The molecule has 2 heterocycles. The molecular weight excluding hydrogens is 264 g/mol. The van der Waals surface area contributed by atoms with Gasteiger partial charge in [0, 0.05) is 12.0 Å². The van der Waals surface area contributed by atoms with Gasteiger partial charge in [-0.1, -0.05) is 0 Å². The van der Waals surface area contributed by atoms with Crippen molar-refractivity contribution in [3.63, 3.8) is 0 Å². The van der Waals surface area contributed by atoms with E-state index in [1.165, 1.54) is 7.11 Å². The van der Waals surface area contributed by atoms with Gasteiger partial charge in [0.1, 0.15) is 5.75 Å². The van der Waals surface area contributed by atoms with Crippen LogP contribution in [-0.2, 0) is 11.2 Å². The highest BCUT2D eigenvalue weighted by atomic mass is 16.5. The number of fused-ring (bicyclic) bond motifs is 2. The third kappa shape index (κ3) is 1.89. The van der Waals surface area contributed by atoms with Gasteiger partial charge in [0.2, 0.25) is 5.88 Å². The average Bonchev–Trinajstić information content (AvgIpc) is 2.44. The van der Waals surface area contributed by atoms with E-state index in [-0.39, 0.29) is 12.3 Å². The highest BCUT2D eigenvalue weighted by Gasteiger charge is 2.22. The smallest absolute Gasteiger partial charge is 0.337 e. The molecule has 0 unspecified atom stereocenters. The molecule has 1 aromatic carbocycles. The topological polar surface area (TPSA) is 101 Å². The van der Waals surface area contributed by atoms with Crippen molar-refractivity contribution in [3.8, 4) is 11.6 Å². The van der Waals surface area contributed by atoms with Gasteiger partial charge in [-0.15, -0.1) is 0 Å². The number of aromatic amines is 2. The van der Waals surface area contributed by atoms with Crippen LogP contribution in [0.5, 0.6) is 11.6 Å². The molecule has 3 rings (SSSR count). The van der Waals surface area contributed by atoms with E-state index in [9.17, 15) is 14.4 Å². The van der Waals surface area contributed by atoms with Gasteiger partial charge in [0.15, 0.2) is 0 Å². The van der Waals surface area contributed by atoms with Crippen LogP contribution in [0.3, 0.4) is 0 Å². The maximum atomic E-state index is 11.7. The molecule has 102 valence electrons. The van der Waals surface area contributed by atoms with Gasteiger partial charge in [0.05, 0.1) is 18.2 Å². The molecule has 0 amide bonds. The number of carbonyl (C=O) groups is 1. The Kier molecular flexibility index (Phi) is 2.67. The Morgan fingerprint density at radius 1 is 1.30 bits per heavy atom. The van der Waals surface area contributed by atoms with Crippen molar-refractivity contribution in [2.75, 3.05) is 7.11 Å². The first-order chi connectivity index (χ1) is 9.58. The highest BCUT2D eigenvalue weighted by Crippen LogP contribution is 2.33. The number of aromatic nitrogens is 2. The van der Waals surface area contributed by atoms with E-state index < -0.39 is 17.2 Å². The van der Waals surface area contributed by atoms with Crippen molar-refractivity contribution >= 4 is 5.97 Å². The maximum absolute atomic E-state index is 11.7. The quantitative estimate of drug-likeness (QED) is 0.631. The highest BCUT2D eigenvalue weighted by molar-refractivity contribution is 5.89. The average molecular weight is 274 g/mol. The monoisotopic (exact) mass is 274 g/mol. The Morgan fingerprint density at radius 2 is 2.10 bits per heavy atom. The fourth-order valence-corrected chi connectivity index (χ4v) is 2.10. The molecule has 0 bridgehead atoms. The summed E-state index contributed by atoms with van der Waals surface area (Å²) in [4.78, 5) is 39.0. The largest absolute Gasteiger partial charge is 0.465 e. The molecule has 0 fully saturated rings. The van der Waals surface area contributed by atoms with Crippen molar-refractivity contribution in [2.45, 2.75) is 6.42 Å². The van der Waals surface area contributed by atoms with Crippen molar-refractivity contribution in [1.82, 2.24) is 9.97 Å². The number of rotatable bonds is 1. The number of hydrogen-bond donors (Lipinski definition) is 2. The predicted octanol–water partition coefficient (Wildman–Crippen LogP) is 0.546. The number of benzene rings is 1. The number of esters is 1. The molecule has 2 N–H and O–H groups in total. The summed E-state index contributed by atoms with van der Waals surface area (Å²) in [7, 11) is 1.29. The Bertz CT molecular complexity index is 818. The summed E-state index contributed by atoms with van der Waals surface area (Å²) in [5.74, 6) is 0.164. The first-order valence-corrected chi connectivity index (χ1v) is 5.83. The molecule has 0 spiro atoms. The van der Waals surface area contributed by atoms with Crippen LogP contribution in [0, 0.1) is 0 Å². The lowest BCUT2D eigenvalue weighted by Crippen LogP contribution is -2.28. The summed E-state index contributed by atoms with van der Waals surface area (Å²) in [6.07, 6.45) is 0.265. The Hall–Kier alpha value is -2.83. The molecule has 1 aromatic heterocycles. The first kappa shape index (κ1) is 12.2. The minimum absolute atomic E-state index is 0.136. The molecule has 7 nitrogen and oxygen atoms in total. The van der Waals surface area contributed by atoms with E-state index in [0.29, 0.717) is 22.4 Å². The molecule has 2 aromatic rings. The van der Waals surface area contributed by atoms with E-state index in [1.54, 1.807) is 18.2 Å². The zero-order valence-corrected chi connectivity index (χ0v) is 10.5. The second-order valence-electron chi connectivity index (χ2n) is 4.31. The summed E-state index contributed by atoms with van der Waals surface area (Å²) in [6.45, 7) is 0. The fourth-order valence-electron chi connectivity index (χ4n) is 2.10. The normalized spacial score (nSPS) is 12.1. The first-order valence-electron chi connectivity index (χ1n) is 5.83. The minimum atomic E-state index is -0.622. The number of H-pyrrole nitrogens is 2. The molecule has 0 atom stereocenters. The molecule has 0 radical (unpaired) electrons. The number of nitrogens with one attached hydrogen (secondary N) is 2. The van der Waals surface area contributed by atoms with E-state index in [4.69, 9.17) is 4.74 Å². The van der Waals surface area contributed by atoms with Crippen molar-refractivity contribution in [3.05, 3.63) is 55.7 Å². The fraction of sp³-hybridized carbons (Fsp3) is 0.154. The van der Waals surface area contributed by atoms with Gasteiger partial charge >= 0.3 is 11.7 Å². The van der Waals surface area contributed by atoms with Gasteiger partial charge in [-0.3, -0.25) is 14.8 Å². The molecule has 0 aliphatic carbocycles. The van der Waals surface area contributed by atoms with Gasteiger partial charge < -0.3 is 9.47 Å². The molecule has 1 aliphatic rings. The lowest BCUT2D eigenvalue weighted by molar-refractivity contribution is 0.0600. The maximum Gasteiger partial charge on any atom is 0.337 e. The van der Waals surface area contributed by atoms with Crippen LogP contribution < -0.4 is 16.0 Å². The van der Waals surface area contributed by atoms with E-state index in [1.807, 2.05) is 0 Å². The number of ether oxygens (including phenoxy) is 2. The van der Waals surface area contributed by atoms with Gasteiger partial charge in [0.25, 0.3) is 5.56 Å². The van der Waals surface area contributed by atoms with Crippen molar-refractivity contribution in [2.24, 2.45) is 0 Å². The van der Waals surface area contributed by atoms with Gasteiger partial charge in [-0.05, 0) is 18.2 Å². The van der Waals surface area contributed by atoms with Crippen molar-refractivity contribution < 1.29 is 14.3 Å². The van der Waals surface area contributed by atoms with Gasteiger partial charge in [-0.2, -0.15) is 0 Å². The number of carbonyl (C=O) groups excluding carboxylic acids is 1. The Balaban J connectivity index is 2.09. The Morgan fingerprint density at radius 3 is 2.85 bits per heavy atom. The van der Waals surface area contributed by atoms with E-state index >= 15 is 0 Å². The third-order valence-electron chi connectivity index (χ3n) is 3.06. The SMILES string of the molecule is COC(=O)c1ccc2c(c1)Cc1c([nH]c(=O)[nH]c1=O)O2. The summed E-state index contributed by atoms with van der Waals surface area (Å²) in [6, 6.07) is 4.76. The molecular formula is C13H10N2O5. The third-order valence-corrected chi connectivity index (χ3v) is 3.06. The second-order valence-corrected chi connectivity index (χ2v) is 4.31. The van der Waals surface area contributed by atoms with Crippen LogP contribution in [0.1, 0.15) is 21.5 Å². The van der Waals surface area contributed by atoms with E-state index in [2.05, 4.69) is 14.7 Å². The zero-order chi connectivity index (χ0) is 14.3. The predicted molar refractivity (Wildman–Crippen MR) is 68.3 cm³/mol. The summed E-state index contributed by atoms with van der Waals surface area (Å²) in [5, 5.41) is 0. The van der Waals surface area contributed by atoms with E-state index in [0.717, 1.165) is 0 Å². The summed E-state index contributed by atoms with van der Waals surface area (Å²) >= 11 is 0. The Labute approximate surface area is 112 Å². The lowest BCUT2D eigenvalue weighted by atomic mass is 10.0. The number of methoxy groups -OCH3 is 1. The van der Waals surface area contributed by atoms with Crippen molar-refractivity contribution in [1.29, 1.82) is 0 Å². The zero-order valence-electron chi connectivity index (χ0n) is 10.5. The lowest BCUT2D eigenvalue weighted by Gasteiger charge is -2.18. The minimum Gasteiger partial charge on any atom is -0.465 e. The second kappa shape index (κ2) is 4.37. The van der Waals surface area contributed by atoms with Crippen LogP contribution >= 0.6 is 0 Å². The molecule has 7 heteroatoms. The summed E-state index contributed by atoms with van der Waals surface area (Å²) < 4.78 is 10.1. The van der Waals surface area contributed by atoms with Crippen LogP contribution in [0.15, 0.2) is 27.8 Å². The molecule has 0 saturated heterocycles. The van der Waals surface area contributed by atoms with Crippen LogP contribution in [0.4, 0.5) is 0 Å². The van der Waals surface area contributed by atoms with Crippen LogP contribution in [-0.4, -0.2) is 23.0 Å². The van der Waals surface area contributed by atoms with Crippen LogP contribution in [0.2, 0.25) is 0 Å². The molecule has 1 aliphatic heterocycles. The van der Waals surface area contributed by atoms with Crippen LogP contribution in [0.25, 0.3) is 0 Å². The molecule has 0 saturated carbocycles. The standard InChI is InChI=1S/C13H10N2O5/c1-19-12(17)6-2-3-9-7(4-6)5-8-10(16)14-13(18)15-11(8)20-9/h2-4H,5H2,1H3,(H2,14,15,16,18). The number of hydrogen-bond acceptors (Lipinski definition) is 5. The van der Waals surface area contributed by atoms with Gasteiger partial charge in [-0.25, -0.2) is 9.59 Å².